The highest BCUT2D eigenvalue weighted by molar-refractivity contribution is 5.80. The van der Waals surface area contributed by atoms with E-state index < -0.39 is 5.60 Å². The first kappa shape index (κ1) is 24.0. The molecule has 0 aromatic carbocycles. The first-order valence-electron chi connectivity index (χ1n) is 10.8. The summed E-state index contributed by atoms with van der Waals surface area (Å²) < 4.78 is 10.4. The number of piperazine rings is 1. The molecule has 0 spiro atoms. The zero-order valence-corrected chi connectivity index (χ0v) is 19.3. The molecule has 9 nitrogen and oxygen atoms in total. The maximum Gasteiger partial charge on any atom is 0.410 e. The van der Waals surface area contributed by atoms with Crippen molar-refractivity contribution in [1.29, 1.82) is 0 Å². The molecule has 170 valence electrons. The van der Waals surface area contributed by atoms with Crippen LogP contribution in [-0.2, 0) is 11.3 Å². The van der Waals surface area contributed by atoms with E-state index in [9.17, 15) is 4.79 Å². The van der Waals surface area contributed by atoms with E-state index in [4.69, 9.17) is 9.26 Å². The molecule has 1 amide bonds. The van der Waals surface area contributed by atoms with Gasteiger partial charge in [-0.05, 0) is 41.0 Å². The average molecular weight is 423 g/mol. The lowest BCUT2D eigenvalue weighted by Gasteiger charge is -2.36. The largest absolute Gasteiger partial charge is 0.444 e. The standard InChI is InChI=1S/C21H38N6O3/c1-17(2)27(20(28)30-21(3,4)5)10-7-9-23-19(22-6)26-13-11-25(12-14-26)16-18-8-15-29-24-18/h8,15,17H,7,9-14,16H2,1-6H3,(H,22,23). The SMILES string of the molecule is CN=C(NCCCN(C(=O)OC(C)(C)C)C(C)C)N1CCN(Cc2ccon2)CC1. The molecule has 30 heavy (non-hydrogen) atoms. The summed E-state index contributed by atoms with van der Waals surface area (Å²) in [6.07, 6.45) is 2.17. The van der Waals surface area contributed by atoms with Crippen LogP contribution in [0.4, 0.5) is 4.79 Å². The Labute approximate surface area is 180 Å². The fourth-order valence-corrected chi connectivity index (χ4v) is 3.33. The van der Waals surface area contributed by atoms with E-state index in [-0.39, 0.29) is 12.1 Å². The van der Waals surface area contributed by atoms with Crippen LogP contribution in [0.15, 0.2) is 21.8 Å². The van der Waals surface area contributed by atoms with E-state index in [2.05, 4.69) is 25.3 Å². The van der Waals surface area contributed by atoms with Crippen LogP contribution in [0.25, 0.3) is 0 Å². The molecule has 0 aliphatic carbocycles. The summed E-state index contributed by atoms with van der Waals surface area (Å²) in [7, 11) is 1.81. The normalized spacial score (nSPS) is 16.1. The molecule has 0 atom stereocenters. The number of aromatic nitrogens is 1. The molecule has 2 rings (SSSR count). The van der Waals surface area contributed by atoms with E-state index >= 15 is 0 Å². The van der Waals surface area contributed by atoms with Crippen LogP contribution in [0.2, 0.25) is 0 Å². The third-order valence-electron chi connectivity index (χ3n) is 4.87. The molecule has 0 bridgehead atoms. The molecule has 1 aromatic rings. The van der Waals surface area contributed by atoms with Gasteiger partial charge in [0.1, 0.15) is 11.9 Å². The van der Waals surface area contributed by atoms with Crippen molar-refractivity contribution in [3.05, 3.63) is 18.0 Å². The zero-order valence-electron chi connectivity index (χ0n) is 19.3. The maximum atomic E-state index is 12.4. The third-order valence-corrected chi connectivity index (χ3v) is 4.87. The molecular formula is C21H38N6O3. The smallest absolute Gasteiger partial charge is 0.410 e. The molecule has 1 aromatic heterocycles. The van der Waals surface area contributed by atoms with Gasteiger partial charge in [0.15, 0.2) is 5.96 Å². The molecule has 0 saturated carbocycles. The van der Waals surface area contributed by atoms with Gasteiger partial charge in [-0.2, -0.15) is 0 Å². The number of hydrogen-bond acceptors (Lipinski definition) is 6. The van der Waals surface area contributed by atoms with Crippen LogP contribution in [0.5, 0.6) is 0 Å². The van der Waals surface area contributed by atoms with Crippen molar-refractivity contribution in [2.75, 3.05) is 46.3 Å². The van der Waals surface area contributed by atoms with Crippen LogP contribution in [-0.4, -0.2) is 89.9 Å². The van der Waals surface area contributed by atoms with Gasteiger partial charge >= 0.3 is 6.09 Å². The second-order valence-electron chi connectivity index (χ2n) is 8.85. The molecule has 1 saturated heterocycles. The first-order chi connectivity index (χ1) is 14.2. The number of aliphatic imine (C=N–C) groups is 1. The molecule has 0 unspecified atom stereocenters. The lowest BCUT2D eigenvalue weighted by Crippen LogP contribution is -2.52. The minimum absolute atomic E-state index is 0.0944. The Balaban J connectivity index is 1.73. The third kappa shape index (κ3) is 7.85. The molecule has 9 heteroatoms. The Morgan fingerprint density at radius 2 is 2.03 bits per heavy atom. The van der Waals surface area contributed by atoms with Gasteiger partial charge < -0.3 is 24.4 Å². The van der Waals surface area contributed by atoms with Crippen LogP contribution in [0.3, 0.4) is 0 Å². The lowest BCUT2D eigenvalue weighted by molar-refractivity contribution is 0.0189. The van der Waals surface area contributed by atoms with Crippen molar-refractivity contribution in [2.24, 2.45) is 4.99 Å². The molecule has 1 N–H and O–H groups in total. The molecular weight excluding hydrogens is 384 g/mol. The lowest BCUT2D eigenvalue weighted by atomic mass is 10.2. The van der Waals surface area contributed by atoms with Gasteiger partial charge in [0.2, 0.25) is 0 Å². The first-order valence-corrected chi connectivity index (χ1v) is 10.8. The summed E-state index contributed by atoms with van der Waals surface area (Å²) in [6.45, 7) is 15.6. The van der Waals surface area contributed by atoms with Crippen LogP contribution < -0.4 is 5.32 Å². The summed E-state index contributed by atoms with van der Waals surface area (Å²) in [6, 6.07) is 2.00. The van der Waals surface area contributed by atoms with E-state index in [0.29, 0.717) is 6.54 Å². The summed E-state index contributed by atoms with van der Waals surface area (Å²) in [5.41, 5.74) is 0.478. The van der Waals surface area contributed by atoms with E-state index in [1.165, 1.54) is 0 Å². The minimum Gasteiger partial charge on any atom is -0.444 e. The van der Waals surface area contributed by atoms with Crippen LogP contribution in [0, 0.1) is 0 Å². The van der Waals surface area contributed by atoms with Gasteiger partial charge in [0.25, 0.3) is 0 Å². The van der Waals surface area contributed by atoms with E-state index in [0.717, 1.165) is 57.3 Å². The van der Waals surface area contributed by atoms with Gasteiger partial charge in [-0.1, -0.05) is 5.16 Å². The Kier molecular flexibility index (Phi) is 8.95. The molecule has 2 heterocycles. The number of amides is 1. The number of carbonyl (C=O) groups is 1. The molecule has 1 aliphatic heterocycles. The molecule has 1 aliphatic rings. The number of nitrogens with one attached hydrogen (secondary N) is 1. The summed E-state index contributed by atoms with van der Waals surface area (Å²) in [5, 5.41) is 7.42. The van der Waals surface area contributed by atoms with E-state index in [1.54, 1.807) is 11.2 Å². The van der Waals surface area contributed by atoms with E-state index in [1.807, 2.05) is 47.7 Å². The second kappa shape index (κ2) is 11.2. The Hall–Kier alpha value is -2.29. The highest BCUT2D eigenvalue weighted by Crippen LogP contribution is 2.12. The number of carbonyl (C=O) groups excluding carboxylic acids is 1. The molecule has 0 radical (unpaired) electrons. The van der Waals surface area contributed by atoms with Crippen molar-refractivity contribution in [1.82, 2.24) is 25.2 Å². The van der Waals surface area contributed by atoms with Crippen molar-refractivity contribution < 1.29 is 14.1 Å². The second-order valence-corrected chi connectivity index (χ2v) is 8.85. The number of nitrogens with zero attached hydrogens (tertiary/aromatic N) is 5. The number of hydrogen-bond donors (Lipinski definition) is 1. The highest BCUT2D eigenvalue weighted by Gasteiger charge is 2.24. The number of guanidine groups is 1. The topological polar surface area (TPSA) is 86.4 Å². The van der Waals surface area contributed by atoms with Crippen molar-refractivity contribution in [3.63, 3.8) is 0 Å². The average Bonchev–Trinajstić information content (AvgIpc) is 3.17. The van der Waals surface area contributed by atoms with Crippen LogP contribution in [0.1, 0.15) is 46.7 Å². The Morgan fingerprint density at radius 3 is 2.57 bits per heavy atom. The Bertz CT molecular complexity index is 661. The molecule has 1 fully saturated rings. The fraction of sp³-hybridized carbons (Fsp3) is 0.762. The number of rotatable bonds is 7. The summed E-state index contributed by atoms with van der Waals surface area (Å²) in [4.78, 5) is 23.3. The van der Waals surface area contributed by atoms with Gasteiger partial charge in [0, 0.05) is 65.0 Å². The quantitative estimate of drug-likeness (QED) is 0.410. The fourth-order valence-electron chi connectivity index (χ4n) is 3.33. The predicted molar refractivity (Wildman–Crippen MR) is 117 cm³/mol. The van der Waals surface area contributed by atoms with Crippen LogP contribution >= 0.6 is 0 Å². The minimum atomic E-state index is -0.486. The maximum absolute atomic E-state index is 12.4. The van der Waals surface area contributed by atoms with Gasteiger partial charge in [-0.15, -0.1) is 0 Å². The summed E-state index contributed by atoms with van der Waals surface area (Å²) >= 11 is 0. The van der Waals surface area contributed by atoms with Gasteiger partial charge in [-0.3, -0.25) is 9.89 Å². The highest BCUT2D eigenvalue weighted by atomic mass is 16.6. The van der Waals surface area contributed by atoms with Gasteiger partial charge in [-0.25, -0.2) is 4.79 Å². The predicted octanol–water partition coefficient (Wildman–Crippen LogP) is 2.40. The monoisotopic (exact) mass is 422 g/mol. The van der Waals surface area contributed by atoms with Gasteiger partial charge in [0.05, 0.1) is 5.69 Å². The van der Waals surface area contributed by atoms with Crippen molar-refractivity contribution in [2.45, 2.75) is 59.2 Å². The number of ether oxygens (including phenoxy) is 1. The van der Waals surface area contributed by atoms with Crippen molar-refractivity contribution in [3.8, 4) is 0 Å². The zero-order chi connectivity index (χ0) is 22.1. The summed E-state index contributed by atoms with van der Waals surface area (Å²) in [5.74, 6) is 0.907. The van der Waals surface area contributed by atoms with Crippen molar-refractivity contribution >= 4 is 12.1 Å². The Morgan fingerprint density at radius 1 is 1.33 bits per heavy atom.